The molecule has 0 radical (unpaired) electrons. The fraction of sp³-hybridized carbons (Fsp3) is 0.889. The minimum absolute atomic E-state index is 0.170. The molecule has 24 heavy (non-hydrogen) atoms. The molecular weight excluding hydrogens is 304 g/mol. The largest absolute Gasteiger partial charge is 0.335 e. The molecule has 0 aromatic carbocycles. The van der Waals surface area contributed by atoms with E-state index in [-0.39, 0.29) is 18.0 Å². The molecule has 2 saturated heterocycles. The zero-order valence-corrected chi connectivity index (χ0v) is 14.8. The molecule has 0 bridgehead atoms. The summed E-state index contributed by atoms with van der Waals surface area (Å²) in [6.45, 7) is 4.77. The van der Waals surface area contributed by atoms with Crippen LogP contribution in [0.5, 0.6) is 0 Å². The van der Waals surface area contributed by atoms with Crippen LogP contribution in [0.15, 0.2) is 0 Å². The van der Waals surface area contributed by atoms with Crippen molar-refractivity contribution >= 4 is 11.9 Å². The van der Waals surface area contributed by atoms with Gasteiger partial charge in [0.05, 0.1) is 6.54 Å². The molecular formula is C18H32N4O2. The van der Waals surface area contributed by atoms with Gasteiger partial charge in [0.15, 0.2) is 0 Å². The van der Waals surface area contributed by atoms with Gasteiger partial charge >= 0.3 is 6.03 Å². The Bertz CT molecular complexity index is 431. The predicted octanol–water partition coefficient (Wildman–Crippen LogP) is 1.71. The number of imide groups is 1. The second kappa shape index (κ2) is 8.81. The lowest BCUT2D eigenvalue weighted by molar-refractivity contribution is -0.121. The van der Waals surface area contributed by atoms with E-state index in [0.717, 1.165) is 38.8 Å². The first-order valence-corrected chi connectivity index (χ1v) is 9.77. The first kappa shape index (κ1) is 17.7. The molecule has 1 atom stereocenters. The number of carbonyl (C=O) groups is 2. The van der Waals surface area contributed by atoms with E-state index in [0.29, 0.717) is 12.6 Å². The number of nitrogens with one attached hydrogen (secondary N) is 2. The van der Waals surface area contributed by atoms with Crippen molar-refractivity contribution in [2.75, 3.05) is 32.7 Å². The lowest BCUT2D eigenvalue weighted by Crippen LogP contribution is -2.49. The Morgan fingerprint density at radius 3 is 2.38 bits per heavy atom. The van der Waals surface area contributed by atoms with Gasteiger partial charge in [-0.3, -0.25) is 15.0 Å². The molecule has 2 aliphatic heterocycles. The summed E-state index contributed by atoms with van der Waals surface area (Å²) in [5.74, 6) is -0.170. The number of rotatable bonds is 5. The average Bonchev–Trinajstić information content (AvgIpc) is 3.21. The molecule has 6 heteroatoms. The van der Waals surface area contributed by atoms with E-state index in [1.54, 1.807) is 0 Å². The number of urea groups is 1. The standard InChI is InChI=1S/C18H32N4O2/c23-17(20-18(24)19-15-7-2-1-3-8-15)14-22-12-6-9-16(22)13-21-10-4-5-11-21/h15-16H,1-14H2,(H2,19,20,23,24). The number of carbonyl (C=O) groups excluding carboxylic acids is 2. The Hall–Kier alpha value is -1.14. The SMILES string of the molecule is O=C(CN1CCCC1CN1CCCC1)NC(=O)NC1CCCCC1. The summed E-state index contributed by atoms with van der Waals surface area (Å²) in [7, 11) is 0. The molecule has 136 valence electrons. The summed E-state index contributed by atoms with van der Waals surface area (Å²) >= 11 is 0. The van der Waals surface area contributed by atoms with E-state index in [2.05, 4.69) is 20.4 Å². The van der Waals surface area contributed by atoms with Crippen molar-refractivity contribution in [1.29, 1.82) is 0 Å². The first-order valence-electron chi connectivity index (χ1n) is 9.77. The van der Waals surface area contributed by atoms with Crippen LogP contribution in [0.2, 0.25) is 0 Å². The number of amides is 3. The number of nitrogens with zero attached hydrogens (tertiary/aromatic N) is 2. The fourth-order valence-electron chi connectivity index (χ4n) is 4.39. The Morgan fingerprint density at radius 1 is 0.875 bits per heavy atom. The molecule has 0 spiro atoms. The second-order valence-electron chi connectivity index (χ2n) is 7.63. The summed E-state index contributed by atoms with van der Waals surface area (Å²) in [5.41, 5.74) is 0. The van der Waals surface area contributed by atoms with Crippen LogP contribution in [0.4, 0.5) is 4.79 Å². The molecule has 1 aliphatic carbocycles. The van der Waals surface area contributed by atoms with Crippen LogP contribution >= 0.6 is 0 Å². The molecule has 2 heterocycles. The Labute approximate surface area is 145 Å². The summed E-state index contributed by atoms with van der Waals surface area (Å²) in [6.07, 6.45) is 10.6. The monoisotopic (exact) mass is 336 g/mol. The van der Waals surface area contributed by atoms with Gasteiger partial charge in [0.2, 0.25) is 5.91 Å². The predicted molar refractivity (Wildman–Crippen MR) is 93.8 cm³/mol. The Kier molecular flexibility index (Phi) is 6.49. The minimum atomic E-state index is -0.317. The lowest BCUT2D eigenvalue weighted by Gasteiger charge is -2.28. The van der Waals surface area contributed by atoms with E-state index >= 15 is 0 Å². The lowest BCUT2D eigenvalue weighted by atomic mass is 9.96. The molecule has 0 aromatic heterocycles. The smallest absolute Gasteiger partial charge is 0.321 e. The van der Waals surface area contributed by atoms with Gasteiger partial charge in [-0.2, -0.15) is 0 Å². The van der Waals surface area contributed by atoms with Crippen LogP contribution in [0.1, 0.15) is 57.8 Å². The zero-order valence-electron chi connectivity index (χ0n) is 14.8. The van der Waals surface area contributed by atoms with Gasteiger partial charge in [0.1, 0.15) is 0 Å². The van der Waals surface area contributed by atoms with Crippen LogP contribution in [0, 0.1) is 0 Å². The van der Waals surface area contributed by atoms with E-state index in [1.165, 1.54) is 45.2 Å². The number of hydrogen-bond donors (Lipinski definition) is 2. The Balaban J connectivity index is 1.39. The quantitative estimate of drug-likeness (QED) is 0.802. The fourth-order valence-corrected chi connectivity index (χ4v) is 4.39. The van der Waals surface area contributed by atoms with Crippen molar-refractivity contribution in [2.45, 2.75) is 69.9 Å². The molecule has 6 nitrogen and oxygen atoms in total. The summed E-state index contributed by atoms with van der Waals surface area (Å²) in [4.78, 5) is 29.0. The number of likely N-dealkylation sites (tertiary alicyclic amines) is 2. The molecule has 1 saturated carbocycles. The molecule has 2 N–H and O–H groups in total. The third-order valence-corrected chi connectivity index (χ3v) is 5.71. The highest BCUT2D eigenvalue weighted by molar-refractivity contribution is 5.95. The summed E-state index contributed by atoms with van der Waals surface area (Å²) in [6, 6.07) is 0.388. The zero-order chi connectivity index (χ0) is 16.8. The van der Waals surface area contributed by atoms with Gasteiger partial charge in [-0.1, -0.05) is 19.3 Å². The molecule has 3 rings (SSSR count). The topological polar surface area (TPSA) is 64.7 Å². The van der Waals surface area contributed by atoms with E-state index in [9.17, 15) is 9.59 Å². The van der Waals surface area contributed by atoms with Gasteiger partial charge in [-0.15, -0.1) is 0 Å². The van der Waals surface area contributed by atoms with Crippen molar-refractivity contribution in [1.82, 2.24) is 20.4 Å². The Morgan fingerprint density at radius 2 is 1.62 bits per heavy atom. The summed E-state index contributed by atoms with van der Waals surface area (Å²) < 4.78 is 0. The second-order valence-corrected chi connectivity index (χ2v) is 7.63. The maximum atomic E-state index is 12.2. The van der Waals surface area contributed by atoms with Crippen LogP contribution in [-0.2, 0) is 4.79 Å². The third kappa shape index (κ3) is 5.18. The first-order chi connectivity index (χ1) is 11.7. The molecule has 0 aromatic rings. The van der Waals surface area contributed by atoms with E-state index in [1.807, 2.05) is 0 Å². The van der Waals surface area contributed by atoms with Crippen molar-refractivity contribution in [3.05, 3.63) is 0 Å². The van der Waals surface area contributed by atoms with E-state index in [4.69, 9.17) is 0 Å². The summed E-state index contributed by atoms with van der Waals surface area (Å²) in [5, 5.41) is 5.47. The maximum Gasteiger partial charge on any atom is 0.321 e. The molecule has 3 aliphatic rings. The van der Waals surface area contributed by atoms with Crippen molar-refractivity contribution in [2.24, 2.45) is 0 Å². The van der Waals surface area contributed by atoms with Gasteiger partial charge in [-0.25, -0.2) is 4.79 Å². The van der Waals surface area contributed by atoms with Gasteiger partial charge < -0.3 is 10.2 Å². The van der Waals surface area contributed by atoms with Crippen molar-refractivity contribution in [3.63, 3.8) is 0 Å². The van der Waals surface area contributed by atoms with Crippen molar-refractivity contribution < 1.29 is 9.59 Å². The van der Waals surface area contributed by atoms with Gasteiger partial charge in [0, 0.05) is 18.6 Å². The van der Waals surface area contributed by atoms with Crippen LogP contribution < -0.4 is 10.6 Å². The van der Waals surface area contributed by atoms with Crippen LogP contribution in [-0.4, -0.2) is 66.5 Å². The highest BCUT2D eigenvalue weighted by Gasteiger charge is 2.29. The van der Waals surface area contributed by atoms with Gasteiger partial charge in [-0.05, 0) is 58.2 Å². The normalized spacial score (nSPS) is 26.6. The molecule has 1 unspecified atom stereocenters. The highest BCUT2D eigenvalue weighted by Crippen LogP contribution is 2.20. The molecule has 3 fully saturated rings. The van der Waals surface area contributed by atoms with Gasteiger partial charge in [0.25, 0.3) is 0 Å². The minimum Gasteiger partial charge on any atom is -0.335 e. The maximum absolute atomic E-state index is 12.2. The van der Waals surface area contributed by atoms with Crippen molar-refractivity contribution in [3.8, 4) is 0 Å². The van der Waals surface area contributed by atoms with Crippen LogP contribution in [0.25, 0.3) is 0 Å². The molecule has 3 amide bonds. The number of hydrogen-bond acceptors (Lipinski definition) is 4. The highest BCUT2D eigenvalue weighted by atomic mass is 16.2. The average molecular weight is 336 g/mol. The van der Waals surface area contributed by atoms with E-state index < -0.39 is 0 Å². The third-order valence-electron chi connectivity index (χ3n) is 5.71. The van der Waals surface area contributed by atoms with Crippen LogP contribution in [0.3, 0.4) is 0 Å².